The minimum Gasteiger partial charge on any atom is -0.320 e. The Kier molecular flexibility index (Phi) is 5.22. The fraction of sp³-hybridized carbons (Fsp3) is 0.120. The van der Waals surface area contributed by atoms with Crippen LogP contribution in [0.4, 0.5) is 5.69 Å². The summed E-state index contributed by atoms with van der Waals surface area (Å²) in [5, 5.41) is 18.2. The highest BCUT2D eigenvalue weighted by Gasteiger charge is 2.33. The molecule has 4 heterocycles. The molecule has 172 valence electrons. The average molecular weight is 465 g/mol. The highest BCUT2D eigenvalue weighted by molar-refractivity contribution is 6.19. The summed E-state index contributed by atoms with van der Waals surface area (Å²) in [6, 6.07) is 11.1. The molecule has 35 heavy (non-hydrogen) atoms. The Bertz CT molecular complexity index is 1540. The third kappa shape index (κ3) is 3.75. The predicted molar refractivity (Wildman–Crippen MR) is 127 cm³/mol. The maximum atomic E-state index is 12.6. The molecule has 0 aliphatic carbocycles. The molecule has 0 bridgehead atoms. The molecule has 1 saturated heterocycles. The lowest BCUT2D eigenvalue weighted by atomic mass is 9.99. The van der Waals surface area contributed by atoms with Gasteiger partial charge in [-0.05, 0) is 29.8 Å². The Hall–Kier alpha value is -5.04. The third-order valence-electron chi connectivity index (χ3n) is 5.84. The maximum Gasteiger partial charge on any atom is 0.253 e. The van der Waals surface area contributed by atoms with Crippen molar-refractivity contribution < 1.29 is 14.4 Å². The van der Waals surface area contributed by atoms with Gasteiger partial charge < -0.3 is 4.90 Å². The molecular formula is C25H19N7O3. The van der Waals surface area contributed by atoms with Crippen molar-refractivity contribution in [2.45, 2.75) is 0 Å². The number of carbonyl (C=O) groups excluding carboxylic acids is 3. The smallest absolute Gasteiger partial charge is 0.253 e. The van der Waals surface area contributed by atoms with Crippen LogP contribution in [0.1, 0.15) is 5.56 Å². The summed E-state index contributed by atoms with van der Waals surface area (Å²) in [7, 11) is 1.83. The number of pyridine rings is 1. The maximum absolute atomic E-state index is 12.6. The largest absolute Gasteiger partial charge is 0.320 e. The summed E-state index contributed by atoms with van der Waals surface area (Å²) in [5.41, 5.74) is 4.79. The number of nitrogens with zero attached hydrogens (tertiary/aromatic N) is 7. The lowest BCUT2D eigenvalue weighted by Gasteiger charge is -2.32. The molecule has 0 N–H and O–H groups in total. The van der Waals surface area contributed by atoms with E-state index in [0.29, 0.717) is 16.8 Å². The molecule has 10 heteroatoms. The van der Waals surface area contributed by atoms with E-state index in [9.17, 15) is 19.6 Å². The van der Waals surface area contributed by atoms with Crippen LogP contribution < -0.4 is 4.90 Å². The summed E-state index contributed by atoms with van der Waals surface area (Å²) in [6.45, 7) is 3.00. The first kappa shape index (κ1) is 21.8. The van der Waals surface area contributed by atoms with Crippen LogP contribution in [0.5, 0.6) is 0 Å². The van der Waals surface area contributed by atoms with Gasteiger partial charge in [0.05, 0.1) is 29.2 Å². The lowest BCUT2D eigenvalue weighted by molar-refractivity contribution is -0.140. The first-order chi connectivity index (χ1) is 16.9. The van der Waals surface area contributed by atoms with Crippen LogP contribution in [0.25, 0.3) is 27.8 Å². The van der Waals surface area contributed by atoms with Crippen molar-refractivity contribution >= 4 is 28.9 Å². The Labute approximate surface area is 199 Å². The summed E-state index contributed by atoms with van der Waals surface area (Å²) in [5.74, 6) is -1.45. The number of aryl methyl sites for hydroxylation is 1. The molecule has 0 unspecified atom stereocenters. The van der Waals surface area contributed by atoms with E-state index in [4.69, 9.17) is 0 Å². The molecule has 3 amide bonds. The summed E-state index contributed by atoms with van der Waals surface area (Å²) in [4.78, 5) is 39.3. The average Bonchev–Trinajstić information content (AvgIpc) is 3.48. The van der Waals surface area contributed by atoms with Gasteiger partial charge in [-0.2, -0.15) is 15.5 Å². The number of piperazine rings is 1. The highest BCUT2D eigenvalue weighted by Crippen LogP contribution is 2.33. The number of aromatic nitrogens is 4. The number of amides is 3. The number of nitriles is 1. The van der Waals surface area contributed by atoms with E-state index in [0.717, 1.165) is 38.1 Å². The molecule has 0 atom stereocenters. The van der Waals surface area contributed by atoms with Gasteiger partial charge in [-0.25, -0.2) is 9.42 Å². The van der Waals surface area contributed by atoms with Gasteiger partial charge in [-0.15, -0.1) is 0 Å². The van der Waals surface area contributed by atoms with Crippen LogP contribution in [0, 0.1) is 11.3 Å². The number of hydrogen-bond acceptors (Lipinski definition) is 6. The monoisotopic (exact) mass is 465 g/mol. The van der Waals surface area contributed by atoms with E-state index in [1.165, 1.54) is 6.20 Å². The van der Waals surface area contributed by atoms with E-state index in [-0.39, 0.29) is 13.1 Å². The number of rotatable bonds is 4. The Morgan fingerprint density at radius 3 is 2.34 bits per heavy atom. The van der Waals surface area contributed by atoms with Gasteiger partial charge in [0.2, 0.25) is 5.91 Å². The number of benzene rings is 1. The summed E-state index contributed by atoms with van der Waals surface area (Å²) < 4.78 is 3.36. The summed E-state index contributed by atoms with van der Waals surface area (Å²) >= 11 is 0. The van der Waals surface area contributed by atoms with Crippen molar-refractivity contribution in [1.29, 1.82) is 5.26 Å². The zero-order valence-corrected chi connectivity index (χ0v) is 18.8. The quantitative estimate of drug-likeness (QED) is 0.337. The van der Waals surface area contributed by atoms with Crippen LogP contribution in [0.3, 0.4) is 0 Å². The number of carbonyl (C=O) groups is 3. The van der Waals surface area contributed by atoms with Crippen molar-refractivity contribution in [3.8, 4) is 28.3 Å². The Morgan fingerprint density at radius 1 is 1.03 bits per heavy atom. The van der Waals surface area contributed by atoms with Gasteiger partial charge >= 0.3 is 0 Å². The molecule has 10 nitrogen and oxygen atoms in total. The number of fused-ring (bicyclic) bond motifs is 1. The van der Waals surface area contributed by atoms with Crippen LogP contribution in [0.15, 0.2) is 67.8 Å². The third-order valence-corrected chi connectivity index (χ3v) is 5.84. The van der Waals surface area contributed by atoms with E-state index < -0.39 is 17.7 Å². The minimum atomic E-state index is -0.493. The number of anilines is 1. The molecular weight excluding hydrogens is 446 g/mol. The second kappa shape index (κ2) is 8.39. The number of imide groups is 1. The van der Waals surface area contributed by atoms with Crippen molar-refractivity contribution in [1.82, 2.24) is 24.3 Å². The van der Waals surface area contributed by atoms with E-state index in [1.54, 1.807) is 39.7 Å². The van der Waals surface area contributed by atoms with Gasteiger partial charge in [0.25, 0.3) is 11.8 Å². The standard InChI is InChI=1S/C25H19N7O3/c1-3-22(33)30-14-23(34)32(24(35)15-30)20-6-4-16(5-7-20)21-8-17(19-11-27-29(2)12-19)13-31-25(21)18(9-26)10-28-31/h3-8,10-13H,1,14-15H2,2H3. The van der Waals surface area contributed by atoms with Crippen molar-refractivity contribution in [3.05, 3.63) is 73.3 Å². The molecule has 0 radical (unpaired) electrons. The fourth-order valence-corrected chi connectivity index (χ4v) is 4.18. The zero-order valence-electron chi connectivity index (χ0n) is 18.8. The molecule has 0 spiro atoms. The Morgan fingerprint density at radius 2 is 1.74 bits per heavy atom. The van der Waals surface area contributed by atoms with Gasteiger partial charge in [0.1, 0.15) is 19.2 Å². The van der Waals surface area contributed by atoms with Crippen LogP contribution in [0.2, 0.25) is 0 Å². The van der Waals surface area contributed by atoms with E-state index >= 15 is 0 Å². The first-order valence-electron chi connectivity index (χ1n) is 10.7. The van der Waals surface area contributed by atoms with E-state index in [1.807, 2.05) is 25.5 Å². The molecule has 0 saturated carbocycles. The lowest BCUT2D eigenvalue weighted by Crippen LogP contribution is -2.55. The van der Waals surface area contributed by atoms with Crippen molar-refractivity contribution in [3.63, 3.8) is 0 Å². The van der Waals surface area contributed by atoms with Crippen molar-refractivity contribution in [2.75, 3.05) is 18.0 Å². The summed E-state index contributed by atoms with van der Waals surface area (Å²) in [6.07, 6.45) is 8.07. The SMILES string of the molecule is C=CC(=O)N1CC(=O)N(c2ccc(-c3cc(-c4cnn(C)c4)cn4ncc(C#N)c34)cc2)C(=O)C1. The minimum absolute atomic E-state index is 0.201. The molecule has 4 aromatic rings. The van der Waals surface area contributed by atoms with Gasteiger partial charge in [0.15, 0.2) is 0 Å². The van der Waals surface area contributed by atoms with Crippen LogP contribution in [-0.2, 0) is 21.4 Å². The highest BCUT2D eigenvalue weighted by atomic mass is 16.2. The molecule has 1 fully saturated rings. The van der Waals surface area contributed by atoms with Gasteiger partial charge in [-0.3, -0.25) is 19.1 Å². The number of hydrogen-bond donors (Lipinski definition) is 0. The van der Waals surface area contributed by atoms with Crippen LogP contribution >= 0.6 is 0 Å². The Balaban J connectivity index is 1.54. The molecule has 5 rings (SSSR count). The zero-order chi connectivity index (χ0) is 24.7. The second-order valence-corrected chi connectivity index (χ2v) is 8.08. The molecule has 1 aliphatic heterocycles. The fourth-order valence-electron chi connectivity index (χ4n) is 4.18. The molecule has 1 aliphatic rings. The topological polar surface area (TPSA) is 117 Å². The van der Waals surface area contributed by atoms with Crippen molar-refractivity contribution in [2.24, 2.45) is 7.05 Å². The van der Waals surface area contributed by atoms with Gasteiger partial charge in [0, 0.05) is 36.1 Å². The second-order valence-electron chi connectivity index (χ2n) is 8.08. The predicted octanol–water partition coefficient (Wildman–Crippen LogP) is 2.16. The van der Waals surface area contributed by atoms with Crippen LogP contribution in [-0.4, -0.2) is 55.1 Å². The van der Waals surface area contributed by atoms with E-state index in [2.05, 4.69) is 22.8 Å². The first-order valence-corrected chi connectivity index (χ1v) is 10.7. The van der Waals surface area contributed by atoms with Gasteiger partial charge in [-0.1, -0.05) is 18.7 Å². The molecule has 1 aromatic carbocycles. The molecule has 3 aromatic heterocycles. The normalized spacial score (nSPS) is 13.8.